The molecule has 0 radical (unpaired) electrons. The third-order valence-corrected chi connectivity index (χ3v) is 3.24. The van der Waals surface area contributed by atoms with Crippen LogP contribution in [0.4, 0.5) is 0 Å². The van der Waals surface area contributed by atoms with E-state index in [0.29, 0.717) is 6.54 Å². The fraction of sp³-hybridized carbons (Fsp3) is 0.286. The maximum atomic E-state index is 5.45. The molecule has 0 aliphatic carbocycles. The average molecular weight is 310 g/mol. The van der Waals surface area contributed by atoms with Crippen LogP contribution in [0.2, 0.25) is 0 Å². The molecule has 2 rings (SSSR count). The Balaban J connectivity index is 2.01. The SMILES string of the molecule is COc1ccccc1C(C)NCc1ccc(Br)o1. The number of rotatable bonds is 5. The van der Waals surface area contributed by atoms with E-state index in [-0.39, 0.29) is 6.04 Å². The lowest BCUT2D eigenvalue weighted by atomic mass is 10.1. The Morgan fingerprint density at radius 1 is 1.28 bits per heavy atom. The molecule has 1 heterocycles. The van der Waals surface area contributed by atoms with Gasteiger partial charge in [-0.25, -0.2) is 0 Å². The predicted molar refractivity (Wildman–Crippen MR) is 74.7 cm³/mol. The van der Waals surface area contributed by atoms with Crippen molar-refractivity contribution in [1.29, 1.82) is 0 Å². The highest BCUT2D eigenvalue weighted by atomic mass is 79.9. The summed E-state index contributed by atoms with van der Waals surface area (Å²) in [5, 5.41) is 3.41. The van der Waals surface area contributed by atoms with Gasteiger partial charge in [0.05, 0.1) is 13.7 Å². The van der Waals surface area contributed by atoms with E-state index in [0.717, 1.165) is 21.7 Å². The molecular formula is C14H16BrNO2. The average Bonchev–Trinajstić information content (AvgIpc) is 2.81. The topological polar surface area (TPSA) is 34.4 Å². The minimum atomic E-state index is 0.199. The molecule has 0 spiro atoms. The molecule has 96 valence electrons. The number of halogens is 1. The molecule has 1 aromatic heterocycles. The molecule has 0 fully saturated rings. The quantitative estimate of drug-likeness (QED) is 0.909. The first-order valence-electron chi connectivity index (χ1n) is 5.81. The molecule has 0 amide bonds. The van der Waals surface area contributed by atoms with Crippen molar-refractivity contribution >= 4 is 15.9 Å². The van der Waals surface area contributed by atoms with Gasteiger partial charge in [-0.3, -0.25) is 0 Å². The maximum Gasteiger partial charge on any atom is 0.169 e. The fourth-order valence-corrected chi connectivity index (χ4v) is 2.17. The Morgan fingerprint density at radius 3 is 2.72 bits per heavy atom. The first kappa shape index (κ1) is 13.2. The Morgan fingerprint density at radius 2 is 2.06 bits per heavy atom. The van der Waals surface area contributed by atoms with Gasteiger partial charge in [-0.1, -0.05) is 18.2 Å². The molecule has 1 unspecified atom stereocenters. The van der Waals surface area contributed by atoms with Crippen LogP contribution in [0.5, 0.6) is 5.75 Å². The summed E-state index contributed by atoms with van der Waals surface area (Å²) in [6, 6.07) is 12.1. The second-order valence-electron chi connectivity index (χ2n) is 4.05. The second kappa shape index (κ2) is 6.07. The van der Waals surface area contributed by atoms with Crippen molar-refractivity contribution in [2.45, 2.75) is 19.5 Å². The van der Waals surface area contributed by atoms with Crippen molar-refractivity contribution in [3.63, 3.8) is 0 Å². The van der Waals surface area contributed by atoms with Crippen molar-refractivity contribution in [2.75, 3.05) is 7.11 Å². The molecular weight excluding hydrogens is 294 g/mol. The van der Waals surface area contributed by atoms with Gasteiger partial charge in [0.2, 0.25) is 0 Å². The Kier molecular flexibility index (Phi) is 4.44. The normalized spacial score (nSPS) is 12.4. The van der Waals surface area contributed by atoms with Crippen LogP contribution in [0.25, 0.3) is 0 Å². The van der Waals surface area contributed by atoms with Crippen LogP contribution in [0.15, 0.2) is 45.5 Å². The van der Waals surface area contributed by atoms with Gasteiger partial charge in [0, 0.05) is 11.6 Å². The van der Waals surface area contributed by atoms with Crippen LogP contribution in [0, 0.1) is 0 Å². The highest BCUT2D eigenvalue weighted by Gasteiger charge is 2.10. The highest BCUT2D eigenvalue weighted by Crippen LogP contribution is 2.24. The number of methoxy groups -OCH3 is 1. The Bertz CT molecular complexity index is 510. The molecule has 0 saturated heterocycles. The van der Waals surface area contributed by atoms with E-state index < -0.39 is 0 Å². The van der Waals surface area contributed by atoms with E-state index >= 15 is 0 Å². The Hall–Kier alpha value is -1.26. The van der Waals surface area contributed by atoms with Crippen molar-refractivity contribution in [3.05, 3.63) is 52.4 Å². The largest absolute Gasteiger partial charge is 0.496 e. The number of hydrogen-bond acceptors (Lipinski definition) is 3. The van der Waals surface area contributed by atoms with E-state index in [9.17, 15) is 0 Å². The zero-order valence-corrected chi connectivity index (χ0v) is 12.0. The molecule has 0 saturated carbocycles. The number of ether oxygens (including phenoxy) is 1. The van der Waals surface area contributed by atoms with Crippen LogP contribution < -0.4 is 10.1 Å². The van der Waals surface area contributed by atoms with Gasteiger partial charge in [0.1, 0.15) is 11.5 Å². The number of hydrogen-bond donors (Lipinski definition) is 1. The molecule has 1 N–H and O–H groups in total. The van der Waals surface area contributed by atoms with Gasteiger partial charge in [-0.2, -0.15) is 0 Å². The van der Waals surface area contributed by atoms with Crippen LogP contribution in [-0.2, 0) is 6.54 Å². The highest BCUT2D eigenvalue weighted by molar-refractivity contribution is 9.10. The zero-order valence-electron chi connectivity index (χ0n) is 10.4. The lowest BCUT2D eigenvalue weighted by molar-refractivity contribution is 0.396. The molecule has 2 aromatic rings. The lowest BCUT2D eigenvalue weighted by Crippen LogP contribution is -2.18. The first-order valence-corrected chi connectivity index (χ1v) is 6.60. The van der Waals surface area contributed by atoms with Crippen LogP contribution in [0.1, 0.15) is 24.3 Å². The summed E-state index contributed by atoms with van der Waals surface area (Å²) in [4.78, 5) is 0. The van der Waals surface area contributed by atoms with Gasteiger partial charge in [0.25, 0.3) is 0 Å². The van der Waals surface area contributed by atoms with E-state index in [2.05, 4.69) is 34.2 Å². The van der Waals surface area contributed by atoms with Crippen molar-refractivity contribution in [1.82, 2.24) is 5.32 Å². The molecule has 3 nitrogen and oxygen atoms in total. The third-order valence-electron chi connectivity index (χ3n) is 2.82. The standard InChI is InChI=1S/C14H16BrNO2/c1-10(12-5-3-4-6-13(12)17-2)16-9-11-7-8-14(15)18-11/h3-8,10,16H,9H2,1-2H3. The first-order chi connectivity index (χ1) is 8.70. The minimum Gasteiger partial charge on any atom is -0.496 e. The van der Waals surface area contributed by atoms with Gasteiger partial charge in [-0.15, -0.1) is 0 Å². The van der Waals surface area contributed by atoms with Gasteiger partial charge in [-0.05, 0) is 41.1 Å². The lowest BCUT2D eigenvalue weighted by Gasteiger charge is -2.16. The summed E-state index contributed by atoms with van der Waals surface area (Å²) in [5.74, 6) is 1.81. The summed E-state index contributed by atoms with van der Waals surface area (Å²) in [6.07, 6.45) is 0. The van der Waals surface area contributed by atoms with E-state index in [1.54, 1.807) is 7.11 Å². The van der Waals surface area contributed by atoms with Gasteiger partial charge >= 0.3 is 0 Å². The maximum absolute atomic E-state index is 5.45. The molecule has 1 atom stereocenters. The molecule has 4 heteroatoms. The molecule has 0 aliphatic rings. The monoisotopic (exact) mass is 309 g/mol. The second-order valence-corrected chi connectivity index (χ2v) is 4.83. The van der Waals surface area contributed by atoms with Crippen LogP contribution in [0.3, 0.4) is 0 Å². The van der Waals surface area contributed by atoms with Crippen molar-refractivity contribution in [2.24, 2.45) is 0 Å². The van der Waals surface area contributed by atoms with Crippen molar-refractivity contribution < 1.29 is 9.15 Å². The van der Waals surface area contributed by atoms with Crippen molar-refractivity contribution in [3.8, 4) is 5.75 Å². The summed E-state index contributed by atoms with van der Waals surface area (Å²) in [7, 11) is 1.69. The van der Waals surface area contributed by atoms with Crippen LogP contribution >= 0.6 is 15.9 Å². The molecule has 18 heavy (non-hydrogen) atoms. The Labute approximate surface area is 115 Å². The van der Waals surface area contributed by atoms with Gasteiger partial charge < -0.3 is 14.5 Å². The van der Waals surface area contributed by atoms with E-state index in [4.69, 9.17) is 9.15 Å². The summed E-state index contributed by atoms with van der Waals surface area (Å²) in [5.41, 5.74) is 1.14. The molecule has 0 aliphatic heterocycles. The van der Waals surface area contributed by atoms with E-state index in [1.165, 1.54) is 0 Å². The molecule has 1 aromatic carbocycles. The number of benzene rings is 1. The summed E-state index contributed by atoms with van der Waals surface area (Å²) >= 11 is 3.29. The fourth-order valence-electron chi connectivity index (χ4n) is 1.83. The smallest absolute Gasteiger partial charge is 0.169 e. The number of para-hydroxylation sites is 1. The van der Waals surface area contributed by atoms with Crippen LogP contribution in [-0.4, -0.2) is 7.11 Å². The predicted octanol–water partition coefficient (Wildman–Crippen LogP) is 3.90. The molecule has 0 bridgehead atoms. The van der Waals surface area contributed by atoms with E-state index in [1.807, 2.05) is 30.3 Å². The summed E-state index contributed by atoms with van der Waals surface area (Å²) in [6.45, 7) is 2.79. The minimum absolute atomic E-state index is 0.199. The summed E-state index contributed by atoms with van der Waals surface area (Å²) < 4.78 is 11.6. The zero-order chi connectivity index (χ0) is 13.0. The number of nitrogens with one attached hydrogen (secondary N) is 1. The number of furan rings is 1. The van der Waals surface area contributed by atoms with Gasteiger partial charge in [0.15, 0.2) is 4.67 Å². The third kappa shape index (κ3) is 3.15.